The molecule has 0 aromatic carbocycles. The Kier molecular flexibility index (Phi) is 5.32. The summed E-state index contributed by atoms with van der Waals surface area (Å²) < 4.78 is 47.1. The third kappa shape index (κ3) is 4.29. The van der Waals surface area contributed by atoms with E-state index >= 15 is 0 Å². The van der Waals surface area contributed by atoms with Gasteiger partial charge in [-0.2, -0.15) is 13.2 Å². The smallest absolute Gasteiger partial charge is 0.374 e. The van der Waals surface area contributed by atoms with Gasteiger partial charge in [-0.25, -0.2) is 4.98 Å². The minimum absolute atomic E-state index is 0.0514. The Hall–Kier alpha value is -1.12. The Balaban J connectivity index is 1.87. The number of alkyl halides is 3. The number of aliphatic hydroxyl groups is 1. The van der Waals surface area contributed by atoms with Crippen LogP contribution in [0.2, 0.25) is 0 Å². The third-order valence-corrected chi connectivity index (χ3v) is 4.19. The van der Waals surface area contributed by atoms with Gasteiger partial charge < -0.3 is 19.7 Å². The molecule has 1 fully saturated rings. The summed E-state index contributed by atoms with van der Waals surface area (Å²) >= 11 is 0. The van der Waals surface area contributed by atoms with Crippen LogP contribution in [0.25, 0.3) is 0 Å². The van der Waals surface area contributed by atoms with Gasteiger partial charge in [0.15, 0.2) is 0 Å². The summed E-state index contributed by atoms with van der Waals surface area (Å²) in [5.74, 6) is -0.389. The topological polar surface area (TPSA) is 59.3 Å². The number of aromatic nitrogens is 2. The van der Waals surface area contributed by atoms with Crippen LogP contribution in [0.3, 0.4) is 0 Å². The first kappa shape index (κ1) is 19.2. The van der Waals surface area contributed by atoms with E-state index in [1.165, 1.54) is 24.0 Å². The second kappa shape index (κ2) is 6.65. The number of rotatable bonds is 6. The number of halogens is 3. The molecular formula is C16H26F3N3O2. The van der Waals surface area contributed by atoms with Gasteiger partial charge in [0.1, 0.15) is 5.82 Å². The van der Waals surface area contributed by atoms with E-state index in [4.69, 9.17) is 4.74 Å². The first-order valence-corrected chi connectivity index (χ1v) is 8.10. The van der Waals surface area contributed by atoms with Crippen molar-refractivity contribution in [2.75, 3.05) is 6.54 Å². The first-order chi connectivity index (χ1) is 10.9. The van der Waals surface area contributed by atoms with E-state index in [-0.39, 0.29) is 30.1 Å². The van der Waals surface area contributed by atoms with Crippen molar-refractivity contribution < 1.29 is 23.0 Å². The van der Waals surface area contributed by atoms with Crippen LogP contribution in [-0.4, -0.2) is 45.1 Å². The molecule has 0 saturated heterocycles. The fourth-order valence-electron chi connectivity index (χ4n) is 2.93. The van der Waals surface area contributed by atoms with E-state index in [9.17, 15) is 18.3 Å². The van der Waals surface area contributed by atoms with Gasteiger partial charge >= 0.3 is 6.18 Å². The van der Waals surface area contributed by atoms with Gasteiger partial charge in [0, 0.05) is 31.9 Å². The molecule has 5 nitrogen and oxygen atoms in total. The molecule has 0 aliphatic heterocycles. The highest BCUT2D eigenvalue weighted by atomic mass is 19.4. The number of imidazole rings is 1. The van der Waals surface area contributed by atoms with Crippen LogP contribution in [0.1, 0.15) is 45.9 Å². The maximum atomic E-state index is 13.4. The maximum Gasteiger partial charge on any atom is 0.424 e. The number of hydrogen-bond acceptors (Lipinski definition) is 4. The predicted molar refractivity (Wildman–Crippen MR) is 83.4 cm³/mol. The molecule has 8 heteroatoms. The molecule has 0 bridgehead atoms. The van der Waals surface area contributed by atoms with Crippen molar-refractivity contribution in [3.63, 3.8) is 0 Å². The summed E-state index contributed by atoms with van der Waals surface area (Å²) in [6.45, 7) is 5.98. The molecule has 0 radical (unpaired) electrons. The SMILES string of the molecule is Cn1ccnc1C(O)(CCNC1CC(OC(C)(C)C)C1)C(F)(F)F. The number of aryl methyl sites for hydroxylation is 1. The Morgan fingerprint density at radius 2 is 1.96 bits per heavy atom. The number of nitrogens with one attached hydrogen (secondary N) is 1. The van der Waals surface area contributed by atoms with E-state index in [0.717, 1.165) is 12.8 Å². The summed E-state index contributed by atoms with van der Waals surface area (Å²) in [4.78, 5) is 3.68. The van der Waals surface area contributed by atoms with Crippen molar-refractivity contribution in [3.8, 4) is 0 Å². The van der Waals surface area contributed by atoms with Crippen LogP contribution in [0.5, 0.6) is 0 Å². The fraction of sp³-hybridized carbons (Fsp3) is 0.812. The summed E-state index contributed by atoms with van der Waals surface area (Å²) in [6, 6.07) is 0.121. The highest BCUT2D eigenvalue weighted by molar-refractivity contribution is 5.08. The third-order valence-electron chi connectivity index (χ3n) is 4.19. The van der Waals surface area contributed by atoms with Crippen molar-refractivity contribution in [1.82, 2.24) is 14.9 Å². The van der Waals surface area contributed by atoms with E-state index in [0.29, 0.717) is 0 Å². The molecule has 1 atom stereocenters. The second-order valence-electron chi connectivity index (χ2n) is 7.44. The Bertz CT molecular complexity index is 547. The summed E-state index contributed by atoms with van der Waals surface area (Å²) in [5.41, 5.74) is -3.17. The summed E-state index contributed by atoms with van der Waals surface area (Å²) in [7, 11) is 1.44. The maximum absolute atomic E-state index is 13.4. The average Bonchev–Trinajstić information content (AvgIpc) is 2.79. The number of nitrogens with zero attached hydrogens (tertiary/aromatic N) is 2. The Labute approximate surface area is 140 Å². The van der Waals surface area contributed by atoms with E-state index in [2.05, 4.69) is 10.3 Å². The lowest BCUT2D eigenvalue weighted by atomic mass is 9.88. The van der Waals surface area contributed by atoms with Crippen LogP contribution < -0.4 is 5.32 Å². The molecule has 1 aliphatic rings. The van der Waals surface area contributed by atoms with Crippen molar-refractivity contribution in [3.05, 3.63) is 18.2 Å². The average molecular weight is 349 g/mol. The van der Waals surface area contributed by atoms with Gasteiger partial charge in [-0.3, -0.25) is 0 Å². The monoisotopic (exact) mass is 349 g/mol. The van der Waals surface area contributed by atoms with Crippen molar-refractivity contribution in [2.24, 2.45) is 7.05 Å². The molecule has 2 rings (SSSR count). The zero-order chi connectivity index (χ0) is 18.2. The minimum atomic E-state index is -4.79. The predicted octanol–water partition coefficient (Wildman–Crippen LogP) is 2.50. The summed E-state index contributed by atoms with van der Waals surface area (Å²) in [6.07, 6.45) is -0.958. The molecular weight excluding hydrogens is 323 g/mol. The molecule has 1 aromatic rings. The quantitative estimate of drug-likeness (QED) is 0.828. The highest BCUT2D eigenvalue weighted by Gasteiger charge is 2.57. The van der Waals surface area contributed by atoms with Crippen molar-refractivity contribution in [2.45, 2.75) is 69.6 Å². The highest BCUT2D eigenvalue weighted by Crippen LogP contribution is 2.40. The molecule has 0 spiro atoms. The molecule has 1 heterocycles. The van der Waals surface area contributed by atoms with E-state index in [1.807, 2.05) is 20.8 Å². The molecule has 1 aliphatic carbocycles. The van der Waals surface area contributed by atoms with Gasteiger partial charge in [-0.15, -0.1) is 0 Å². The van der Waals surface area contributed by atoms with Gasteiger partial charge in [0.25, 0.3) is 0 Å². The molecule has 2 N–H and O–H groups in total. The molecule has 1 saturated carbocycles. The van der Waals surface area contributed by atoms with Crippen LogP contribution >= 0.6 is 0 Å². The van der Waals surface area contributed by atoms with Gasteiger partial charge in [0.2, 0.25) is 5.60 Å². The van der Waals surface area contributed by atoms with Crippen LogP contribution in [0.4, 0.5) is 13.2 Å². The summed E-state index contributed by atoms with van der Waals surface area (Å²) in [5, 5.41) is 13.3. The van der Waals surface area contributed by atoms with E-state index < -0.39 is 18.2 Å². The zero-order valence-electron chi connectivity index (χ0n) is 14.5. The molecule has 1 aromatic heterocycles. The largest absolute Gasteiger partial charge is 0.424 e. The lowest BCUT2D eigenvalue weighted by Gasteiger charge is -2.40. The Morgan fingerprint density at radius 3 is 2.42 bits per heavy atom. The minimum Gasteiger partial charge on any atom is -0.374 e. The number of hydrogen-bond donors (Lipinski definition) is 2. The molecule has 138 valence electrons. The van der Waals surface area contributed by atoms with Crippen molar-refractivity contribution in [1.29, 1.82) is 0 Å². The van der Waals surface area contributed by atoms with Crippen LogP contribution in [-0.2, 0) is 17.4 Å². The van der Waals surface area contributed by atoms with E-state index in [1.54, 1.807) is 0 Å². The molecule has 24 heavy (non-hydrogen) atoms. The first-order valence-electron chi connectivity index (χ1n) is 8.10. The Morgan fingerprint density at radius 1 is 1.33 bits per heavy atom. The van der Waals surface area contributed by atoms with Gasteiger partial charge in [0.05, 0.1) is 11.7 Å². The molecule has 1 unspecified atom stereocenters. The normalized spacial score (nSPS) is 24.5. The van der Waals surface area contributed by atoms with Crippen molar-refractivity contribution >= 4 is 0 Å². The fourth-order valence-corrected chi connectivity index (χ4v) is 2.93. The van der Waals surface area contributed by atoms with Gasteiger partial charge in [-0.1, -0.05) is 0 Å². The van der Waals surface area contributed by atoms with Crippen LogP contribution in [0.15, 0.2) is 12.4 Å². The second-order valence-corrected chi connectivity index (χ2v) is 7.44. The lowest BCUT2D eigenvalue weighted by molar-refractivity contribution is -0.272. The zero-order valence-corrected chi connectivity index (χ0v) is 14.5. The van der Waals surface area contributed by atoms with Crippen LogP contribution in [0, 0.1) is 0 Å². The number of ether oxygens (including phenoxy) is 1. The standard InChI is InChI=1S/C16H26F3N3O2/c1-14(2,3)24-12-9-11(10-12)20-6-5-15(23,16(17,18)19)13-21-7-8-22(13)4/h7-8,11-12,20,23H,5-6,9-10H2,1-4H3. The van der Waals surface area contributed by atoms with Gasteiger partial charge in [-0.05, 0) is 40.2 Å². The lowest BCUT2D eigenvalue weighted by Crippen LogP contribution is -2.51. The molecule has 0 amide bonds.